The van der Waals surface area contributed by atoms with Crippen LogP contribution in [0.4, 0.5) is 23.3 Å². The van der Waals surface area contributed by atoms with Gasteiger partial charge >= 0.3 is 0 Å². The maximum Gasteiger partial charge on any atom is 0.246 e. The Kier molecular flexibility index (Phi) is 31.4. The summed E-state index contributed by atoms with van der Waals surface area (Å²) in [6.45, 7) is 21.3. The van der Waals surface area contributed by atoms with Gasteiger partial charge in [-0.1, -0.05) is 134 Å². The molecule has 4 amide bonds. The highest BCUT2D eigenvalue weighted by Crippen LogP contribution is 2.30. The minimum absolute atomic E-state index is 0.0313. The zero-order chi connectivity index (χ0) is 86.0. The van der Waals surface area contributed by atoms with Crippen LogP contribution < -0.4 is 39.1 Å². The molecule has 12 aromatic rings. The number of carbonyl (C=O) groups is 4. The van der Waals surface area contributed by atoms with Gasteiger partial charge in [0.15, 0.2) is 0 Å². The van der Waals surface area contributed by atoms with Gasteiger partial charge < -0.3 is 88.3 Å². The maximum absolute atomic E-state index is 12.4. The number of amides is 4. The number of ether oxygens (including phenoxy) is 4. The Morgan fingerprint density at radius 3 is 0.984 bits per heavy atom. The van der Waals surface area contributed by atoms with E-state index in [2.05, 4.69) is 145 Å². The first kappa shape index (κ1) is 86.8. The zero-order valence-electron chi connectivity index (χ0n) is 69.7. The van der Waals surface area contributed by atoms with Gasteiger partial charge in [-0.15, -0.1) is 0 Å². The molecule has 4 aliphatic heterocycles. The first-order chi connectivity index (χ1) is 60.8. The van der Waals surface area contributed by atoms with Gasteiger partial charge in [0.2, 0.25) is 23.6 Å². The minimum Gasteiger partial charge on any atom is -0.481 e. The Morgan fingerprint density at radius 1 is 0.395 bits per heavy atom. The van der Waals surface area contributed by atoms with Crippen LogP contribution >= 0.6 is 0 Å². The molecule has 5 N–H and O–H groups in total. The monoisotopic (exact) mass is 1660 g/mol. The second kappa shape index (κ2) is 44.8. The largest absolute Gasteiger partial charge is 0.481 e. The smallest absolute Gasteiger partial charge is 0.246 e. The van der Waals surface area contributed by atoms with Crippen LogP contribution in [0.25, 0.3) is 44.1 Å². The molecule has 0 unspecified atom stereocenters. The van der Waals surface area contributed by atoms with Crippen molar-refractivity contribution >= 4 is 91.0 Å². The van der Waals surface area contributed by atoms with Crippen LogP contribution in [0.2, 0.25) is 0 Å². The number of nitrogens with one attached hydrogen (secondary N) is 5. The Balaban J connectivity index is 0.000000142. The highest BCUT2D eigenvalue weighted by atomic mass is 16.5. The molecular formula is C94H98N22O8. The number of benzene rings is 4. The molecule has 0 saturated carbocycles. The predicted octanol–water partition coefficient (Wildman–Crippen LogP) is 8.55. The van der Waals surface area contributed by atoms with Crippen LogP contribution in [0.3, 0.4) is 0 Å². The molecule has 4 aliphatic rings. The van der Waals surface area contributed by atoms with Crippen molar-refractivity contribution in [1.29, 1.82) is 0 Å². The molecule has 4 fully saturated rings. The van der Waals surface area contributed by atoms with Crippen LogP contribution in [0.15, 0.2) is 221 Å². The van der Waals surface area contributed by atoms with Gasteiger partial charge in [-0.25, -0.2) is 39.9 Å². The Morgan fingerprint density at radius 2 is 0.685 bits per heavy atom. The molecular weight excluding hydrogens is 1570 g/mol. The number of rotatable bonds is 21. The SMILES string of the molecule is C=CC(=O)N1CCN(c2ncnc3[nH]c(C#CCOCc4ccccc4)cc23)CC1.C=CC(=O)N1CCN(c2ncnc3[nH]c(C#CCOc4ccccc4)cc23)CC1.CN(C)C/C=C/C(=O)N1CCN(c2ncnc3[nH]c(C#CCOc4ccccc4)cc23)CC1.CNC/C=C/C(=O)N1CCN(c2ncnc3[nH]c(C#CCOc4ccccc4)cc23)CC1. The predicted molar refractivity (Wildman–Crippen MR) is 481 cm³/mol. The highest BCUT2D eigenvalue weighted by molar-refractivity contribution is 5.94. The van der Waals surface area contributed by atoms with Gasteiger partial charge in [0.05, 0.1) is 50.9 Å². The van der Waals surface area contributed by atoms with E-state index in [1.165, 1.54) is 12.2 Å². The minimum atomic E-state index is -0.0330. The number of H-pyrrole nitrogens is 4. The average Bonchev–Trinajstić information content (AvgIpc) is 1.68. The molecule has 0 radical (unpaired) electrons. The Hall–Kier alpha value is -15.1. The lowest BCUT2D eigenvalue weighted by molar-refractivity contribution is -0.127. The van der Waals surface area contributed by atoms with Gasteiger partial charge in [-0.3, -0.25) is 19.2 Å². The van der Waals surface area contributed by atoms with Crippen LogP contribution in [0, 0.1) is 47.4 Å². The molecule has 8 aromatic heterocycles. The van der Waals surface area contributed by atoms with E-state index in [-0.39, 0.29) is 23.6 Å². The lowest BCUT2D eigenvalue weighted by Crippen LogP contribution is -2.48. The van der Waals surface area contributed by atoms with Crippen molar-refractivity contribution in [2.75, 3.05) is 185 Å². The average molecular weight is 1660 g/mol. The number of fused-ring (bicyclic) bond motifs is 4. The summed E-state index contributed by atoms with van der Waals surface area (Å²) in [5, 5.41) is 6.70. The topological polar surface area (TPSA) is 313 Å². The van der Waals surface area contributed by atoms with E-state index in [4.69, 9.17) is 18.9 Å². The van der Waals surface area contributed by atoms with Gasteiger partial charge in [-0.05, 0) is 123 Å². The molecule has 0 atom stereocenters. The summed E-state index contributed by atoms with van der Waals surface area (Å²) in [6, 6.07) is 46.7. The zero-order valence-corrected chi connectivity index (χ0v) is 69.7. The normalized spacial score (nSPS) is 13.8. The van der Waals surface area contributed by atoms with Crippen molar-refractivity contribution in [3.63, 3.8) is 0 Å². The molecule has 12 heterocycles. The molecule has 632 valence electrons. The van der Waals surface area contributed by atoms with Crippen molar-refractivity contribution in [2.24, 2.45) is 0 Å². The molecule has 16 rings (SSSR count). The number of nitrogens with zero attached hydrogens (tertiary/aromatic N) is 17. The number of hydrogen-bond donors (Lipinski definition) is 5. The molecule has 0 spiro atoms. The molecule has 30 heteroatoms. The lowest BCUT2D eigenvalue weighted by atomic mass is 10.2. The summed E-state index contributed by atoms with van der Waals surface area (Å²) in [5.74, 6) is 30.3. The van der Waals surface area contributed by atoms with Crippen molar-refractivity contribution < 1.29 is 38.1 Å². The summed E-state index contributed by atoms with van der Waals surface area (Å²) < 4.78 is 22.4. The molecule has 4 saturated heterocycles. The van der Waals surface area contributed by atoms with Crippen molar-refractivity contribution in [2.45, 2.75) is 6.61 Å². The van der Waals surface area contributed by atoms with Crippen LogP contribution in [0.1, 0.15) is 28.3 Å². The van der Waals surface area contributed by atoms with E-state index in [0.717, 1.165) is 146 Å². The van der Waals surface area contributed by atoms with E-state index < -0.39 is 0 Å². The summed E-state index contributed by atoms with van der Waals surface area (Å²) in [4.78, 5) is 115. The molecule has 0 aliphatic carbocycles. The Bertz CT molecular complexity index is 5910. The fourth-order valence-corrected chi connectivity index (χ4v) is 13.9. The second-order valence-corrected chi connectivity index (χ2v) is 28.8. The number of aromatic amines is 4. The number of anilines is 4. The van der Waals surface area contributed by atoms with E-state index in [9.17, 15) is 19.2 Å². The van der Waals surface area contributed by atoms with Crippen LogP contribution in [0.5, 0.6) is 17.2 Å². The summed E-state index contributed by atoms with van der Waals surface area (Å²) >= 11 is 0. The number of likely N-dealkylation sites (N-methyl/N-ethyl adjacent to an activating group) is 2. The van der Waals surface area contributed by atoms with Crippen molar-refractivity contribution in [3.05, 3.63) is 249 Å². The van der Waals surface area contributed by atoms with E-state index in [0.29, 0.717) is 118 Å². The number of aromatic nitrogens is 12. The van der Waals surface area contributed by atoms with Crippen LogP contribution in [-0.2, 0) is 30.5 Å². The standard InChI is InChI=1S/C25H28N6O2.C24H26N6O2.C23H23N5O2.C22H21N5O2/c1-29(2)12-6-11-23(32)30-13-15-31(16-14-30)25-22-18-20(28-24(22)26-19-27-25)8-7-17-33-21-9-4-3-5-10-21;1-25-11-5-10-22(31)29-12-14-30(15-13-29)24-21-17-19(28-23(21)26-18-27-24)7-6-16-32-20-8-3-2-4-9-20;1-2-21(29)27-10-12-28(13-11-27)23-20-15-19(26-22(20)24-17-25-23)9-6-14-30-16-18-7-4-3-5-8-18;1-2-20(28)26-10-12-27(13-11-26)22-19-15-17(25-21(19)23-16-24-22)7-6-14-29-18-8-4-3-5-9-18/h3-6,9-11,18-19H,12-17H2,1-2H3,(H,26,27,28);2-5,8-10,17-18,25H,11-16H2,1H3,(H,26,27,28);2-5,7-8,15,17H,1,10-14,16H2,(H,24,25,26);2-5,8-9,15-16H,1,10-14H2,(H,23,24,25)/b11-6+;10-5+;;. The van der Waals surface area contributed by atoms with Gasteiger partial charge in [0.1, 0.15) is 115 Å². The fourth-order valence-electron chi connectivity index (χ4n) is 13.9. The third-order valence-electron chi connectivity index (χ3n) is 20.2. The third kappa shape index (κ3) is 24.6. The number of piperazine rings is 4. The first-order valence-corrected chi connectivity index (χ1v) is 40.8. The number of carbonyl (C=O) groups excluding carboxylic acids is 4. The van der Waals surface area contributed by atoms with E-state index in [1.54, 1.807) is 47.3 Å². The summed E-state index contributed by atoms with van der Waals surface area (Å²) in [5.41, 5.74) is 7.18. The summed E-state index contributed by atoms with van der Waals surface area (Å²) in [6.07, 6.45) is 16.0. The fraction of sp³-hybridized carbons (Fsp3) is 0.277. The first-order valence-electron chi connectivity index (χ1n) is 40.8. The number of hydrogen-bond acceptors (Lipinski definition) is 22. The second-order valence-electron chi connectivity index (χ2n) is 28.8. The highest BCUT2D eigenvalue weighted by Gasteiger charge is 2.28. The number of para-hydroxylation sites is 3. The van der Waals surface area contributed by atoms with Crippen molar-refractivity contribution in [3.8, 4) is 64.6 Å². The molecule has 4 aromatic carbocycles. The van der Waals surface area contributed by atoms with E-state index in [1.807, 2.05) is 194 Å². The lowest BCUT2D eigenvalue weighted by Gasteiger charge is -2.35. The van der Waals surface area contributed by atoms with Gasteiger partial charge in [0, 0.05) is 130 Å². The Labute approximate surface area is 720 Å². The van der Waals surface area contributed by atoms with E-state index >= 15 is 0 Å². The van der Waals surface area contributed by atoms with Crippen LogP contribution in [-0.4, -0.2) is 273 Å². The van der Waals surface area contributed by atoms with Gasteiger partial charge in [0.25, 0.3) is 0 Å². The molecule has 124 heavy (non-hydrogen) atoms. The van der Waals surface area contributed by atoms with Crippen molar-refractivity contribution in [1.82, 2.24) is 89.6 Å². The summed E-state index contributed by atoms with van der Waals surface area (Å²) in [7, 11) is 5.81. The molecule has 0 bridgehead atoms. The quantitative estimate of drug-likeness (QED) is 0.0255. The third-order valence-corrected chi connectivity index (χ3v) is 20.2. The maximum atomic E-state index is 12.4. The molecule has 30 nitrogen and oxygen atoms in total. The van der Waals surface area contributed by atoms with Gasteiger partial charge in [-0.2, -0.15) is 0 Å².